The van der Waals surface area contributed by atoms with E-state index < -0.39 is 6.09 Å². The maximum Gasteiger partial charge on any atom is 0.413 e. The van der Waals surface area contributed by atoms with Gasteiger partial charge in [-0.15, -0.1) is 0 Å². The number of amides is 1. The number of aromatic nitrogens is 1. The predicted molar refractivity (Wildman–Crippen MR) is 114 cm³/mol. The largest absolute Gasteiger partial charge is 0.491 e. The number of nitrogens with zero attached hydrogens (tertiary/aromatic N) is 1. The van der Waals surface area contributed by atoms with Gasteiger partial charge >= 0.3 is 6.09 Å². The molecule has 1 heterocycles. The van der Waals surface area contributed by atoms with Crippen LogP contribution in [0.15, 0.2) is 36.5 Å². The minimum atomic E-state index is -0.539. The third-order valence-corrected chi connectivity index (χ3v) is 4.93. The van der Waals surface area contributed by atoms with Crippen molar-refractivity contribution in [2.75, 3.05) is 13.7 Å². The second-order valence-corrected chi connectivity index (χ2v) is 8.59. The van der Waals surface area contributed by atoms with Crippen LogP contribution in [0.25, 0.3) is 11.1 Å². The number of hydrogen-bond donors (Lipinski definition) is 2. The Morgan fingerprint density at radius 2 is 2.00 bits per heavy atom. The molecule has 1 amide bonds. The van der Waals surface area contributed by atoms with Crippen LogP contribution in [0.3, 0.4) is 0 Å². The molecule has 29 heavy (non-hydrogen) atoms. The van der Waals surface area contributed by atoms with Crippen LogP contribution in [0.1, 0.15) is 51.5 Å². The van der Waals surface area contributed by atoms with Crippen molar-refractivity contribution in [3.05, 3.63) is 42.1 Å². The van der Waals surface area contributed by atoms with E-state index in [0.29, 0.717) is 18.4 Å². The molecule has 1 aliphatic carbocycles. The van der Waals surface area contributed by atoms with Gasteiger partial charge in [0.25, 0.3) is 0 Å². The van der Waals surface area contributed by atoms with Gasteiger partial charge in [0, 0.05) is 24.8 Å². The lowest BCUT2D eigenvalue weighted by Crippen LogP contribution is -2.43. The summed E-state index contributed by atoms with van der Waals surface area (Å²) in [5.74, 6) is 2.23. The Kier molecular flexibility index (Phi) is 6.42. The van der Waals surface area contributed by atoms with E-state index in [4.69, 9.17) is 15.2 Å². The number of hydrogen-bond acceptors (Lipinski definition) is 5. The molecular weight excluding hydrogens is 366 g/mol. The number of pyridine rings is 1. The lowest BCUT2D eigenvalue weighted by atomic mass is 9.92. The molecule has 0 aliphatic heterocycles. The summed E-state index contributed by atoms with van der Waals surface area (Å²) in [5.41, 5.74) is 9.26. The molecule has 0 saturated heterocycles. The van der Waals surface area contributed by atoms with Crippen LogP contribution in [-0.2, 0) is 0 Å². The third kappa shape index (κ3) is 5.94. The Balaban J connectivity index is 1.80. The molecular formula is C23H31N3O3. The molecule has 0 spiro atoms. The highest BCUT2D eigenvalue weighted by molar-refractivity contribution is 5.71. The standard InChI is InChI=1S/C23H31N3O3/c1-15(2)13-23(3,24)14-28-20-8-7-17(11-19(20)16-5-6-16)18-9-10-26-21(12-18)29-22(27)25-4/h7-12,15-16H,5-6,13-14,24H2,1-4H3,(H,25,27)/t23-/m0/s1. The highest BCUT2D eigenvalue weighted by atomic mass is 16.6. The number of carbonyl (C=O) groups is 1. The number of nitrogens with one attached hydrogen (secondary N) is 1. The van der Waals surface area contributed by atoms with E-state index in [-0.39, 0.29) is 11.4 Å². The van der Waals surface area contributed by atoms with Gasteiger partial charge in [0.05, 0.1) is 0 Å². The van der Waals surface area contributed by atoms with Crippen LogP contribution in [0.5, 0.6) is 11.6 Å². The maximum atomic E-state index is 11.4. The fourth-order valence-corrected chi connectivity index (χ4v) is 3.60. The summed E-state index contributed by atoms with van der Waals surface area (Å²) in [4.78, 5) is 15.5. The summed E-state index contributed by atoms with van der Waals surface area (Å²) in [6.45, 7) is 6.88. The topological polar surface area (TPSA) is 86.5 Å². The lowest BCUT2D eigenvalue weighted by molar-refractivity contribution is 0.201. The van der Waals surface area contributed by atoms with Gasteiger partial charge in [0.1, 0.15) is 12.4 Å². The predicted octanol–water partition coefficient (Wildman–Crippen LogP) is 4.49. The normalized spacial score (nSPS) is 15.7. The van der Waals surface area contributed by atoms with Crippen LogP contribution >= 0.6 is 0 Å². The Bertz CT molecular complexity index is 860. The van der Waals surface area contributed by atoms with E-state index in [1.165, 1.54) is 25.5 Å². The molecule has 1 saturated carbocycles. The zero-order valence-electron chi connectivity index (χ0n) is 17.7. The van der Waals surface area contributed by atoms with Crippen molar-refractivity contribution in [2.45, 2.75) is 51.5 Å². The number of ether oxygens (including phenoxy) is 2. The van der Waals surface area contributed by atoms with Crippen LogP contribution < -0.4 is 20.5 Å². The average molecular weight is 398 g/mol. The Labute approximate surface area is 172 Å². The summed E-state index contributed by atoms with van der Waals surface area (Å²) in [5, 5.41) is 2.42. The van der Waals surface area contributed by atoms with E-state index in [9.17, 15) is 4.79 Å². The first-order valence-corrected chi connectivity index (χ1v) is 10.2. The van der Waals surface area contributed by atoms with Crippen molar-refractivity contribution in [2.24, 2.45) is 11.7 Å². The van der Waals surface area contributed by atoms with E-state index in [2.05, 4.69) is 30.2 Å². The number of nitrogens with two attached hydrogens (primary N) is 1. The summed E-state index contributed by atoms with van der Waals surface area (Å²) >= 11 is 0. The molecule has 0 bridgehead atoms. The SMILES string of the molecule is CNC(=O)Oc1cc(-c2ccc(OC[C@@](C)(N)CC(C)C)c(C3CC3)c2)ccn1. The van der Waals surface area contributed by atoms with Crippen molar-refractivity contribution in [1.29, 1.82) is 0 Å². The van der Waals surface area contributed by atoms with Crippen LogP contribution in [0, 0.1) is 5.92 Å². The summed E-state index contributed by atoms with van der Waals surface area (Å²) in [6.07, 6.45) is 4.36. The van der Waals surface area contributed by atoms with Gasteiger partial charge in [-0.05, 0) is 72.9 Å². The van der Waals surface area contributed by atoms with Gasteiger partial charge in [-0.2, -0.15) is 0 Å². The lowest BCUT2D eigenvalue weighted by Gasteiger charge is -2.27. The Morgan fingerprint density at radius 3 is 2.66 bits per heavy atom. The third-order valence-electron chi connectivity index (χ3n) is 4.93. The van der Waals surface area contributed by atoms with Crippen LogP contribution in [0.4, 0.5) is 4.79 Å². The summed E-state index contributed by atoms with van der Waals surface area (Å²) < 4.78 is 11.3. The first kappa shape index (κ1) is 21.1. The van der Waals surface area contributed by atoms with Crippen LogP contribution in [-0.4, -0.2) is 30.3 Å². The molecule has 1 aromatic carbocycles. The molecule has 2 aromatic rings. The molecule has 1 aromatic heterocycles. The number of carbonyl (C=O) groups excluding carboxylic acids is 1. The van der Waals surface area contributed by atoms with Crippen molar-refractivity contribution in [3.63, 3.8) is 0 Å². The monoisotopic (exact) mass is 397 g/mol. The van der Waals surface area contributed by atoms with Gasteiger partial charge in [0.15, 0.2) is 0 Å². The van der Waals surface area contributed by atoms with E-state index in [1.807, 2.05) is 25.1 Å². The molecule has 3 N–H and O–H groups in total. The number of benzene rings is 1. The second kappa shape index (κ2) is 8.82. The van der Waals surface area contributed by atoms with Crippen molar-refractivity contribution < 1.29 is 14.3 Å². The quantitative estimate of drug-likeness (QED) is 0.685. The highest BCUT2D eigenvalue weighted by Crippen LogP contribution is 2.45. The van der Waals surface area contributed by atoms with Gasteiger partial charge in [-0.25, -0.2) is 9.78 Å². The summed E-state index contributed by atoms with van der Waals surface area (Å²) in [7, 11) is 1.51. The van der Waals surface area contributed by atoms with Gasteiger partial charge in [-0.3, -0.25) is 0 Å². The molecule has 3 rings (SSSR count). The minimum Gasteiger partial charge on any atom is -0.491 e. The Hall–Kier alpha value is -2.60. The molecule has 6 nitrogen and oxygen atoms in total. The molecule has 0 unspecified atom stereocenters. The molecule has 0 radical (unpaired) electrons. The summed E-state index contributed by atoms with van der Waals surface area (Å²) in [6, 6.07) is 9.89. The van der Waals surface area contributed by atoms with E-state index >= 15 is 0 Å². The van der Waals surface area contributed by atoms with Gasteiger partial charge in [0.2, 0.25) is 5.88 Å². The van der Waals surface area contributed by atoms with Gasteiger partial charge < -0.3 is 20.5 Å². The highest BCUT2D eigenvalue weighted by Gasteiger charge is 2.28. The molecule has 1 fully saturated rings. The minimum absolute atomic E-state index is 0.266. The fraction of sp³-hybridized carbons (Fsp3) is 0.478. The first-order chi connectivity index (χ1) is 13.8. The maximum absolute atomic E-state index is 11.4. The smallest absolute Gasteiger partial charge is 0.413 e. The van der Waals surface area contributed by atoms with Crippen LogP contribution in [0.2, 0.25) is 0 Å². The van der Waals surface area contributed by atoms with Crippen molar-refractivity contribution in [1.82, 2.24) is 10.3 Å². The average Bonchev–Trinajstić information content (AvgIpc) is 3.50. The van der Waals surface area contributed by atoms with E-state index in [1.54, 1.807) is 12.3 Å². The second-order valence-electron chi connectivity index (χ2n) is 8.59. The zero-order chi connectivity index (χ0) is 21.0. The molecule has 6 heteroatoms. The van der Waals surface area contributed by atoms with E-state index in [0.717, 1.165) is 23.3 Å². The van der Waals surface area contributed by atoms with Gasteiger partial charge in [-0.1, -0.05) is 19.9 Å². The first-order valence-electron chi connectivity index (χ1n) is 10.2. The molecule has 156 valence electrons. The molecule has 1 aliphatic rings. The molecule has 1 atom stereocenters. The van der Waals surface area contributed by atoms with Crippen molar-refractivity contribution in [3.8, 4) is 22.8 Å². The fourth-order valence-electron chi connectivity index (χ4n) is 3.60. The van der Waals surface area contributed by atoms with Crippen molar-refractivity contribution >= 4 is 6.09 Å². The number of rotatable bonds is 8. The zero-order valence-corrected chi connectivity index (χ0v) is 17.7. The Morgan fingerprint density at radius 1 is 1.28 bits per heavy atom.